The molecule has 0 heterocycles. The quantitative estimate of drug-likeness (QED) is 0.488. The van der Waals surface area contributed by atoms with E-state index < -0.39 is 0 Å². The molecule has 13 heavy (non-hydrogen) atoms. The van der Waals surface area contributed by atoms with Gasteiger partial charge in [-0.2, -0.15) is 0 Å². The summed E-state index contributed by atoms with van der Waals surface area (Å²) < 4.78 is 10.3. The minimum atomic E-state index is 0.414. The Kier molecular flexibility index (Phi) is 9.12. The van der Waals surface area contributed by atoms with Crippen molar-refractivity contribution < 1.29 is 9.47 Å². The first-order valence-electron chi connectivity index (χ1n) is 4.61. The van der Waals surface area contributed by atoms with Crippen molar-refractivity contribution in [1.82, 2.24) is 0 Å². The molecule has 0 rings (SSSR count). The fourth-order valence-electron chi connectivity index (χ4n) is 0.672. The summed E-state index contributed by atoms with van der Waals surface area (Å²) in [7, 11) is 0. The molecule has 0 bridgehead atoms. The van der Waals surface area contributed by atoms with E-state index in [2.05, 4.69) is 25.7 Å². The number of rotatable bonds is 6. The third kappa shape index (κ3) is 11.4. The Morgan fingerprint density at radius 1 is 1.15 bits per heavy atom. The minimum Gasteiger partial charge on any atom is -0.378 e. The van der Waals surface area contributed by atoms with Crippen LogP contribution < -0.4 is 5.73 Å². The van der Waals surface area contributed by atoms with E-state index >= 15 is 0 Å². The molecule has 0 saturated carbocycles. The van der Waals surface area contributed by atoms with Gasteiger partial charge in [0.15, 0.2) is 0 Å². The highest BCUT2D eigenvalue weighted by Gasteiger charge is 1.86. The first-order chi connectivity index (χ1) is 6.27. The second kappa shape index (κ2) is 9.53. The Morgan fingerprint density at radius 2 is 1.85 bits per heavy atom. The summed E-state index contributed by atoms with van der Waals surface area (Å²) in [5.41, 5.74) is 5.24. The van der Waals surface area contributed by atoms with Crippen LogP contribution in [0.4, 0.5) is 0 Å². The lowest BCUT2D eigenvalue weighted by Crippen LogP contribution is -2.12. The highest BCUT2D eigenvalue weighted by Crippen LogP contribution is 1.85. The van der Waals surface area contributed by atoms with E-state index in [9.17, 15) is 0 Å². The topological polar surface area (TPSA) is 44.5 Å². The average Bonchev–Trinajstić information content (AvgIpc) is 2.09. The van der Waals surface area contributed by atoms with Gasteiger partial charge in [0.25, 0.3) is 0 Å². The van der Waals surface area contributed by atoms with Crippen molar-refractivity contribution in [1.29, 1.82) is 0 Å². The van der Waals surface area contributed by atoms with Gasteiger partial charge >= 0.3 is 0 Å². The van der Waals surface area contributed by atoms with Crippen LogP contribution in [0.25, 0.3) is 0 Å². The van der Waals surface area contributed by atoms with Crippen LogP contribution in [0.3, 0.4) is 0 Å². The molecular formula is C10H19NO2. The van der Waals surface area contributed by atoms with Crippen LogP contribution in [0.1, 0.15) is 13.8 Å². The molecule has 3 nitrogen and oxygen atoms in total. The zero-order valence-electron chi connectivity index (χ0n) is 8.51. The molecule has 0 aliphatic carbocycles. The van der Waals surface area contributed by atoms with Gasteiger partial charge < -0.3 is 15.2 Å². The molecule has 76 valence electrons. The van der Waals surface area contributed by atoms with Crippen LogP contribution in [0, 0.1) is 17.8 Å². The van der Waals surface area contributed by atoms with Crippen molar-refractivity contribution in [3.8, 4) is 11.8 Å². The van der Waals surface area contributed by atoms with Gasteiger partial charge in [-0.15, -0.1) is 0 Å². The molecule has 3 heteroatoms. The summed E-state index contributed by atoms with van der Waals surface area (Å²) in [5, 5.41) is 0. The molecule has 0 radical (unpaired) electrons. The fraction of sp³-hybridized carbons (Fsp3) is 0.800. The molecule has 0 aromatic rings. The highest BCUT2D eigenvalue weighted by molar-refractivity contribution is 5.01. The molecule has 0 amide bonds. The summed E-state index contributed by atoms with van der Waals surface area (Å²) in [6, 6.07) is 0. The van der Waals surface area contributed by atoms with Gasteiger partial charge in [0.05, 0.1) is 19.8 Å². The lowest BCUT2D eigenvalue weighted by molar-refractivity contribution is 0.0636. The van der Waals surface area contributed by atoms with Crippen LogP contribution in [-0.4, -0.2) is 33.0 Å². The van der Waals surface area contributed by atoms with E-state index in [0.717, 1.165) is 0 Å². The molecule has 0 aromatic carbocycles. The van der Waals surface area contributed by atoms with E-state index in [4.69, 9.17) is 15.2 Å². The lowest BCUT2D eigenvalue weighted by Gasteiger charge is -2.01. The summed E-state index contributed by atoms with van der Waals surface area (Å²) in [6.07, 6.45) is 0. The van der Waals surface area contributed by atoms with Gasteiger partial charge in [0.2, 0.25) is 0 Å². The van der Waals surface area contributed by atoms with Crippen molar-refractivity contribution in [2.24, 2.45) is 11.7 Å². The number of hydrogen-bond donors (Lipinski definition) is 1. The average molecular weight is 185 g/mol. The minimum absolute atomic E-state index is 0.414. The predicted molar refractivity (Wildman–Crippen MR) is 53.3 cm³/mol. The van der Waals surface area contributed by atoms with E-state index in [1.54, 1.807) is 0 Å². The molecule has 0 saturated heterocycles. The maximum atomic E-state index is 5.24. The van der Waals surface area contributed by atoms with E-state index in [0.29, 0.717) is 38.9 Å². The molecule has 2 N–H and O–H groups in total. The van der Waals surface area contributed by atoms with Crippen LogP contribution >= 0.6 is 0 Å². The lowest BCUT2D eigenvalue weighted by atomic mass is 10.2. The highest BCUT2D eigenvalue weighted by atomic mass is 16.5. The first kappa shape index (κ1) is 12.4. The Bertz CT molecular complexity index is 158. The number of ether oxygens (including phenoxy) is 2. The molecule has 0 atom stereocenters. The van der Waals surface area contributed by atoms with Crippen LogP contribution in [0.15, 0.2) is 0 Å². The van der Waals surface area contributed by atoms with Gasteiger partial charge in [-0.25, -0.2) is 0 Å². The van der Waals surface area contributed by atoms with E-state index in [-0.39, 0.29) is 0 Å². The molecule has 0 spiro atoms. The van der Waals surface area contributed by atoms with Gasteiger partial charge in [0.1, 0.15) is 6.61 Å². The molecular weight excluding hydrogens is 166 g/mol. The monoisotopic (exact) mass is 185 g/mol. The zero-order chi connectivity index (χ0) is 9.94. The summed E-state index contributed by atoms with van der Waals surface area (Å²) in [4.78, 5) is 0. The van der Waals surface area contributed by atoms with Crippen LogP contribution in [0.5, 0.6) is 0 Å². The summed E-state index contributed by atoms with van der Waals surface area (Å²) in [5.74, 6) is 6.35. The largest absolute Gasteiger partial charge is 0.378 e. The second-order valence-corrected chi connectivity index (χ2v) is 2.93. The summed E-state index contributed by atoms with van der Waals surface area (Å²) >= 11 is 0. The smallest absolute Gasteiger partial charge is 0.107 e. The Morgan fingerprint density at radius 3 is 2.46 bits per heavy atom. The first-order valence-corrected chi connectivity index (χ1v) is 4.61. The SMILES string of the molecule is CC(C)C#CCOCCOCCN. The van der Waals surface area contributed by atoms with Crippen molar-refractivity contribution in [2.45, 2.75) is 13.8 Å². The molecule has 0 unspecified atom stereocenters. The maximum absolute atomic E-state index is 5.24. The van der Waals surface area contributed by atoms with Gasteiger partial charge in [-0.1, -0.05) is 25.7 Å². The van der Waals surface area contributed by atoms with Gasteiger partial charge in [-0.05, 0) is 0 Å². The van der Waals surface area contributed by atoms with E-state index in [1.165, 1.54) is 0 Å². The van der Waals surface area contributed by atoms with E-state index in [1.807, 2.05) is 0 Å². The Balaban J connectivity index is 3.05. The molecule has 0 fully saturated rings. The van der Waals surface area contributed by atoms with Crippen molar-refractivity contribution in [2.75, 3.05) is 33.0 Å². The third-order valence-corrected chi connectivity index (χ3v) is 1.20. The maximum Gasteiger partial charge on any atom is 0.107 e. The van der Waals surface area contributed by atoms with Crippen LogP contribution in [0.2, 0.25) is 0 Å². The second-order valence-electron chi connectivity index (χ2n) is 2.93. The normalized spacial score (nSPS) is 9.85. The third-order valence-electron chi connectivity index (χ3n) is 1.20. The number of hydrogen-bond acceptors (Lipinski definition) is 3. The molecule has 0 aromatic heterocycles. The Labute approximate surface area is 80.6 Å². The van der Waals surface area contributed by atoms with Crippen molar-refractivity contribution >= 4 is 0 Å². The Hall–Kier alpha value is -0.560. The molecule has 0 aliphatic heterocycles. The predicted octanol–water partition coefficient (Wildman–Crippen LogP) is 0.638. The molecule has 0 aliphatic rings. The van der Waals surface area contributed by atoms with Crippen LogP contribution in [-0.2, 0) is 9.47 Å². The zero-order valence-corrected chi connectivity index (χ0v) is 8.51. The van der Waals surface area contributed by atoms with Crippen molar-refractivity contribution in [3.63, 3.8) is 0 Å². The standard InChI is InChI=1S/C10H19NO2/c1-10(2)4-3-6-12-8-9-13-7-5-11/h10H,5-9,11H2,1-2H3. The van der Waals surface area contributed by atoms with Crippen molar-refractivity contribution in [3.05, 3.63) is 0 Å². The van der Waals surface area contributed by atoms with Gasteiger partial charge in [0, 0.05) is 12.5 Å². The number of nitrogens with two attached hydrogens (primary N) is 1. The fourth-order valence-corrected chi connectivity index (χ4v) is 0.672. The summed E-state index contributed by atoms with van der Waals surface area (Å²) in [6.45, 7) is 6.94. The van der Waals surface area contributed by atoms with Gasteiger partial charge in [-0.3, -0.25) is 0 Å².